The number of carbonyl (C=O) groups is 1. The molecule has 1 aromatic carbocycles. The molecule has 0 aliphatic heterocycles. The molecule has 0 unspecified atom stereocenters. The highest BCUT2D eigenvalue weighted by Crippen LogP contribution is 2.18. The standard InChI is InChI=1S/C21H23N5O/c1-25(2)14-18-20(24-19-9-5-6-12-26(18)19)21(27)22-11-10-15-13-23-17-8-4-3-7-16(15)17/h3-9,12-13,23H,10-11,14H2,1-2H3,(H,22,27). The zero-order valence-corrected chi connectivity index (χ0v) is 15.6. The van der Waals surface area contributed by atoms with E-state index >= 15 is 0 Å². The van der Waals surface area contributed by atoms with Crippen molar-refractivity contribution in [3.8, 4) is 0 Å². The number of aromatic amines is 1. The summed E-state index contributed by atoms with van der Waals surface area (Å²) in [5.41, 5.74) is 4.51. The van der Waals surface area contributed by atoms with Gasteiger partial charge >= 0.3 is 0 Å². The van der Waals surface area contributed by atoms with Crippen LogP contribution >= 0.6 is 0 Å². The molecule has 0 fully saturated rings. The molecule has 4 aromatic rings. The molecule has 0 aliphatic carbocycles. The number of aromatic nitrogens is 3. The van der Waals surface area contributed by atoms with Crippen LogP contribution in [0, 0.1) is 0 Å². The minimum atomic E-state index is -0.129. The summed E-state index contributed by atoms with van der Waals surface area (Å²) in [6, 6.07) is 14.0. The normalized spacial score (nSPS) is 11.5. The molecule has 4 rings (SSSR count). The minimum absolute atomic E-state index is 0.129. The first-order valence-electron chi connectivity index (χ1n) is 9.07. The average molecular weight is 361 g/mol. The number of hydrogen-bond donors (Lipinski definition) is 2. The van der Waals surface area contributed by atoms with Gasteiger partial charge in [0.25, 0.3) is 5.91 Å². The summed E-state index contributed by atoms with van der Waals surface area (Å²) in [4.78, 5) is 22.7. The van der Waals surface area contributed by atoms with Gasteiger partial charge < -0.3 is 19.6 Å². The largest absolute Gasteiger partial charge is 0.361 e. The molecule has 3 aromatic heterocycles. The molecule has 0 spiro atoms. The molecule has 6 nitrogen and oxygen atoms in total. The van der Waals surface area contributed by atoms with Crippen molar-refractivity contribution in [3.05, 3.63) is 71.8 Å². The predicted molar refractivity (Wildman–Crippen MR) is 107 cm³/mol. The van der Waals surface area contributed by atoms with Crippen LogP contribution in [0.4, 0.5) is 0 Å². The number of hydrogen-bond acceptors (Lipinski definition) is 3. The van der Waals surface area contributed by atoms with Gasteiger partial charge in [-0.2, -0.15) is 0 Å². The van der Waals surface area contributed by atoms with Gasteiger partial charge in [-0.25, -0.2) is 4.98 Å². The summed E-state index contributed by atoms with van der Waals surface area (Å²) < 4.78 is 1.98. The van der Waals surface area contributed by atoms with E-state index in [0.29, 0.717) is 18.8 Å². The predicted octanol–water partition coefficient (Wildman–Crippen LogP) is 2.85. The van der Waals surface area contributed by atoms with Crippen LogP contribution < -0.4 is 5.32 Å². The number of imidazole rings is 1. The number of amides is 1. The van der Waals surface area contributed by atoms with E-state index in [9.17, 15) is 4.79 Å². The second-order valence-electron chi connectivity index (χ2n) is 6.94. The summed E-state index contributed by atoms with van der Waals surface area (Å²) in [7, 11) is 3.97. The van der Waals surface area contributed by atoms with E-state index in [1.165, 1.54) is 10.9 Å². The van der Waals surface area contributed by atoms with Crippen molar-refractivity contribution in [1.29, 1.82) is 0 Å². The van der Waals surface area contributed by atoms with E-state index in [2.05, 4.69) is 27.4 Å². The quantitative estimate of drug-likeness (QED) is 0.555. The Kier molecular flexibility index (Phi) is 4.64. The number of rotatable bonds is 6. The lowest BCUT2D eigenvalue weighted by molar-refractivity contribution is 0.0948. The third-order valence-electron chi connectivity index (χ3n) is 4.66. The molecule has 0 saturated heterocycles. The van der Waals surface area contributed by atoms with Gasteiger partial charge in [0.15, 0.2) is 5.69 Å². The number of H-pyrrole nitrogens is 1. The Bertz CT molecular complexity index is 1090. The van der Waals surface area contributed by atoms with Crippen LogP contribution in [0.2, 0.25) is 0 Å². The lowest BCUT2D eigenvalue weighted by Crippen LogP contribution is -2.28. The number of pyridine rings is 1. The van der Waals surface area contributed by atoms with Gasteiger partial charge in [-0.05, 0) is 44.3 Å². The number of nitrogens with zero attached hydrogens (tertiary/aromatic N) is 3. The second-order valence-corrected chi connectivity index (χ2v) is 6.94. The lowest BCUT2D eigenvalue weighted by atomic mass is 10.1. The van der Waals surface area contributed by atoms with Crippen molar-refractivity contribution in [2.24, 2.45) is 0 Å². The van der Waals surface area contributed by atoms with E-state index in [4.69, 9.17) is 0 Å². The van der Waals surface area contributed by atoms with Crippen LogP contribution in [-0.2, 0) is 13.0 Å². The first-order chi connectivity index (χ1) is 13.1. The summed E-state index contributed by atoms with van der Waals surface area (Å²) in [5, 5.41) is 4.23. The van der Waals surface area contributed by atoms with Crippen molar-refractivity contribution in [2.45, 2.75) is 13.0 Å². The van der Waals surface area contributed by atoms with E-state index < -0.39 is 0 Å². The van der Waals surface area contributed by atoms with Crippen LogP contribution in [0.1, 0.15) is 21.7 Å². The van der Waals surface area contributed by atoms with Crippen molar-refractivity contribution in [1.82, 2.24) is 24.6 Å². The fourth-order valence-electron chi connectivity index (χ4n) is 3.41. The topological polar surface area (TPSA) is 65.4 Å². The Morgan fingerprint density at radius 2 is 2.00 bits per heavy atom. The Labute approximate surface area is 157 Å². The maximum Gasteiger partial charge on any atom is 0.271 e. The Morgan fingerprint density at radius 3 is 2.85 bits per heavy atom. The molecule has 0 atom stereocenters. The number of para-hydroxylation sites is 1. The van der Waals surface area contributed by atoms with Gasteiger partial charge in [0.2, 0.25) is 0 Å². The van der Waals surface area contributed by atoms with Gasteiger partial charge in [-0.3, -0.25) is 4.79 Å². The molecule has 0 saturated carbocycles. The molecule has 138 valence electrons. The molecule has 3 heterocycles. The fraction of sp³-hybridized carbons (Fsp3) is 0.238. The molecular weight excluding hydrogens is 338 g/mol. The highest BCUT2D eigenvalue weighted by atomic mass is 16.1. The van der Waals surface area contributed by atoms with Gasteiger partial charge in [0, 0.05) is 36.4 Å². The smallest absolute Gasteiger partial charge is 0.271 e. The molecule has 2 N–H and O–H groups in total. The van der Waals surface area contributed by atoms with Crippen LogP contribution in [0.5, 0.6) is 0 Å². The Morgan fingerprint density at radius 1 is 1.19 bits per heavy atom. The van der Waals surface area contributed by atoms with Crippen LogP contribution in [0.3, 0.4) is 0 Å². The van der Waals surface area contributed by atoms with Gasteiger partial charge in [0.1, 0.15) is 5.65 Å². The molecule has 0 aliphatic rings. The SMILES string of the molecule is CN(C)Cc1c(C(=O)NCCc2c[nH]c3ccccc23)nc2ccccn12. The van der Waals surface area contributed by atoms with Crippen LogP contribution in [0.15, 0.2) is 54.9 Å². The first kappa shape index (κ1) is 17.3. The molecule has 0 radical (unpaired) electrons. The third kappa shape index (κ3) is 3.44. The molecular formula is C21H23N5O. The zero-order valence-electron chi connectivity index (χ0n) is 15.6. The summed E-state index contributed by atoms with van der Waals surface area (Å²) >= 11 is 0. The highest BCUT2D eigenvalue weighted by molar-refractivity contribution is 5.94. The highest BCUT2D eigenvalue weighted by Gasteiger charge is 2.19. The summed E-state index contributed by atoms with van der Waals surface area (Å²) in [6.45, 7) is 1.21. The molecule has 27 heavy (non-hydrogen) atoms. The van der Waals surface area contributed by atoms with Gasteiger partial charge in [0.05, 0.1) is 5.69 Å². The zero-order chi connectivity index (χ0) is 18.8. The maximum absolute atomic E-state index is 12.8. The average Bonchev–Trinajstić information content (AvgIpc) is 3.24. The number of carbonyl (C=O) groups excluding carboxylic acids is 1. The van der Waals surface area contributed by atoms with E-state index in [0.717, 1.165) is 23.3 Å². The van der Waals surface area contributed by atoms with Crippen LogP contribution in [-0.4, -0.2) is 45.8 Å². The second kappa shape index (κ2) is 7.25. The summed E-state index contributed by atoms with van der Waals surface area (Å²) in [6.07, 6.45) is 4.73. The maximum atomic E-state index is 12.8. The van der Waals surface area contributed by atoms with E-state index in [1.807, 2.05) is 66.1 Å². The molecule has 1 amide bonds. The number of nitrogens with one attached hydrogen (secondary N) is 2. The van der Waals surface area contributed by atoms with E-state index in [-0.39, 0.29) is 5.91 Å². The lowest BCUT2D eigenvalue weighted by Gasteiger charge is -2.11. The van der Waals surface area contributed by atoms with Crippen LogP contribution in [0.25, 0.3) is 16.6 Å². The summed E-state index contributed by atoms with van der Waals surface area (Å²) in [5.74, 6) is -0.129. The fourth-order valence-corrected chi connectivity index (χ4v) is 3.41. The van der Waals surface area contributed by atoms with Gasteiger partial charge in [-0.1, -0.05) is 24.3 Å². The number of fused-ring (bicyclic) bond motifs is 2. The first-order valence-corrected chi connectivity index (χ1v) is 9.07. The monoisotopic (exact) mass is 361 g/mol. The Hall–Kier alpha value is -3.12. The van der Waals surface area contributed by atoms with Crippen molar-refractivity contribution in [3.63, 3.8) is 0 Å². The molecule has 6 heteroatoms. The molecule has 0 bridgehead atoms. The number of benzene rings is 1. The van der Waals surface area contributed by atoms with Crippen molar-refractivity contribution >= 4 is 22.5 Å². The third-order valence-corrected chi connectivity index (χ3v) is 4.66. The van der Waals surface area contributed by atoms with Gasteiger partial charge in [-0.15, -0.1) is 0 Å². The van der Waals surface area contributed by atoms with Crippen molar-refractivity contribution in [2.75, 3.05) is 20.6 Å². The Balaban J connectivity index is 1.51. The minimum Gasteiger partial charge on any atom is -0.361 e. The van der Waals surface area contributed by atoms with E-state index in [1.54, 1.807) is 0 Å². The van der Waals surface area contributed by atoms with Crippen molar-refractivity contribution < 1.29 is 4.79 Å².